The van der Waals surface area contributed by atoms with Gasteiger partial charge in [-0.05, 0) is 38.3 Å². The molecule has 0 fully saturated rings. The molecule has 96 valence electrons. The van der Waals surface area contributed by atoms with Gasteiger partial charge in [-0.1, -0.05) is 31.5 Å². The first kappa shape index (κ1) is 14.2. The Labute approximate surface area is 109 Å². The van der Waals surface area contributed by atoms with Crippen molar-refractivity contribution >= 4 is 11.6 Å². The summed E-state index contributed by atoms with van der Waals surface area (Å²) in [5.41, 5.74) is 2.04. The summed E-state index contributed by atoms with van der Waals surface area (Å²) >= 11 is 0. The number of nitrogens with one attached hydrogen (secondary N) is 1. The number of hydrogen-bond acceptors (Lipinski definition) is 2. The molecule has 0 aliphatic heterocycles. The SMILES string of the molecule is CCC(C#N)(CC)C(=O)Nc1ccc(C)cc1C. The van der Waals surface area contributed by atoms with Crippen molar-refractivity contribution in [1.82, 2.24) is 0 Å². The second kappa shape index (κ2) is 5.68. The van der Waals surface area contributed by atoms with Gasteiger partial charge in [0.05, 0.1) is 6.07 Å². The smallest absolute Gasteiger partial charge is 0.244 e. The highest BCUT2D eigenvalue weighted by atomic mass is 16.2. The second-order valence-corrected chi connectivity index (χ2v) is 4.67. The number of aryl methyl sites for hydroxylation is 2. The second-order valence-electron chi connectivity index (χ2n) is 4.67. The van der Waals surface area contributed by atoms with E-state index in [0.717, 1.165) is 16.8 Å². The topological polar surface area (TPSA) is 52.9 Å². The van der Waals surface area contributed by atoms with Gasteiger partial charge < -0.3 is 5.32 Å². The van der Waals surface area contributed by atoms with E-state index < -0.39 is 5.41 Å². The van der Waals surface area contributed by atoms with Crippen LogP contribution >= 0.6 is 0 Å². The van der Waals surface area contributed by atoms with Crippen molar-refractivity contribution in [2.45, 2.75) is 40.5 Å². The number of carbonyl (C=O) groups excluding carboxylic acids is 1. The van der Waals surface area contributed by atoms with E-state index in [4.69, 9.17) is 0 Å². The maximum atomic E-state index is 12.2. The molecule has 0 unspecified atom stereocenters. The molecule has 1 aromatic carbocycles. The first-order valence-electron chi connectivity index (χ1n) is 6.29. The zero-order chi connectivity index (χ0) is 13.8. The van der Waals surface area contributed by atoms with Gasteiger partial charge in [-0.25, -0.2) is 0 Å². The largest absolute Gasteiger partial charge is 0.324 e. The first-order valence-corrected chi connectivity index (χ1v) is 6.29. The van der Waals surface area contributed by atoms with E-state index in [1.165, 1.54) is 0 Å². The fourth-order valence-corrected chi connectivity index (χ4v) is 1.98. The number of anilines is 1. The highest BCUT2D eigenvalue weighted by molar-refractivity contribution is 5.97. The molecule has 0 aromatic heterocycles. The van der Waals surface area contributed by atoms with Crippen LogP contribution in [0.2, 0.25) is 0 Å². The number of amides is 1. The summed E-state index contributed by atoms with van der Waals surface area (Å²) in [6, 6.07) is 8.01. The van der Waals surface area contributed by atoms with Gasteiger partial charge >= 0.3 is 0 Å². The Morgan fingerprint density at radius 2 is 1.94 bits per heavy atom. The third-order valence-electron chi connectivity index (χ3n) is 3.49. The molecule has 0 radical (unpaired) electrons. The van der Waals surface area contributed by atoms with Crippen molar-refractivity contribution in [3.63, 3.8) is 0 Å². The van der Waals surface area contributed by atoms with E-state index >= 15 is 0 Å². The fraction of sp³-hybridized carbons (Fsp3) is 0.467. The molecule has 0 bridgehead atoms. The van der Waals surface area contributed by atoms with Crippen molar-refractivity contribution in [2.75, 3.05) is 5.32 Å². The maximum absolute atomic E-state index is 12.2. The van der Waals surface area contributed by atoms with Crippen LogP contribution < -0.4 is 5.32 Å². The average Bonchev–Trinajstić information content (AvgIpc) is 2.36. The lowest BCUT2D eigenvalue weighted by atomic mass is 9.83. The van der Waals surface area contributed by atoms with Gasteiger partial charge in [0, 0.05) is 5.69 Å². The minimum absolute atomic E-state index is 0.207. The van der Waals surface area contributed by atoms with Crippen LogP contribution in [0.25, 0.3) is 0 Å². The molecule has 3 heteroatoms. The summed E-state index contributed by atoms with van der Waals surface area (Å²) in [5, 5.41) is 12.1. The Hall–Kier alpha value is -1.82. The van der Waals surface area contributed by atoms with Gasteiger partial charge in [0.2, 0.25) is 5.91 Å². The van der Waals surface area contributed by atoms with Gasteiger partial charge in [-0.15, -0.1) is 0 Å². The monoisotopic (exact) mass is 244 g/mol. The van der Waals surface area contributed by atoms with Crippen LogP contribution in [0.4, 0.5) is 5.69 Å². The Morgan fingerprint density at radius 3 is 2.39 bits per heavy atom. The van der Waals surface area contributed by atoms with Crippen LogP contribution in [0.15, 0.2) is 18.2 Å². The van der Waals surface area contributed by atoms with Crippen molar-refractivity contribution < 1.29 is 4.79 Å². The first-order chi connectivity index (χ1) is 8.49. The van der Waals surface area contributed by atoms with Crippen LogP contribution in [0.1, 0.15) is 37.8 Å². The van der Waals surface area contributed by atoms with Gasteiger partial charge in [0.15, 0.2) is 0 Å². The summed E-state index contributed by atoms with van der Waals surface area (Å²) in [4.78, 5) is 12.2. The Morgan fingerprint density at radius 1 is 1.33 bits per heavy atom. The molecule has 0 spiro atoms. The molecule has 0 aliphatic rings. The zero-order valence-electron chi connectivity index (χ0n) is 11.5. The van der Waals surface area contributed by atoms with E-state index in [9.17, 15) is 10.1 Å². The van der Waals surface area contributed by atoms with Crippen molar-refractivity contribution in [3.8, 4) is 6.07 Å². The summed E-state index contributed by atoms with van der Waals surface area (Å²) in [6.45, 7) is 7.70. The molecule has 0 aliphatic carbocycles. The van der Waals surface area contributed by atoms with Crippen molar-refractivity contribution in [3.05, 3.63) is 29.3 Å². The van der Waals surface area contributed by atoms with Gasteiger partial charge in [0.25, 0.3) is 0 Å². The summed E-state index contributed by atoms with van der Waals surface area (Å²) in [7, 11) is 0. The number of nitriles is 1. The predicted molar refractivity (Wildman–Crippen MR) is 73.2 cm³/mol. The Bertz CT molecular complexity index is 482. The molecule has 0 saturated heterocycles. The minimum atomic E-state index is -0.919. The number of hydrogen-bond donors (Lipinski definition) is 1. The number of nitrogens with zero attached hydrogens (tertiary/aromatic N) is 1. The van der Waals surface area contributed by atoms with Crippen LogP contribution in [0.5, 0.6) is 0 Å². The van der Waals surface area contributed by atoms with Crippen LogP contribution in [-0.2, 0) is 4.79 Å². The lowest BCUT2D eigenvalue weighted by molar-refractivity contribution is -0.123. The van der Waals surface area contributed by atoms with Gasteiger partial charge in [0.1, 0.15) is 5.41 Å². The third kappa shape index (κ3) is 2.70. The molecule has 18 heavy (non-hydrogen) atoms. The van der Waals surface area contributed by atoms with Crippen LogP contribution in [0.3, 0.4) is 0 Å². The van der Waals surface area contributed by atoms with Crippen molar-refractivity contribution in [1.29, 1.82) is 5.26 Å². The third-order valence-corrected chi connectivity index (χ3v) is 3.49. The quantitative estimate of drug-likeness (QED) is 0.880. The average molecular weight is 244 g/mol. The number of rotatable bonds is 4. The zero-order valence-corrected chi connectivity index (χ0v) is 11.5. The molecule has 3 nitrogen and oxygen atoms in total. The Kier molecular flexibility index (Phi) is 4.49. The molecule has 1 amide bonds. The summed E-state index contributed by atoms with van der Waals surface area (Å²) in [5.74, 6) is -0.207. The molecule has 1 rings (SSSR count). The van der Waals surface area contributed by atoms with E-state index in [1.807, 2.05) is 45.9 Å². The molecule has 1 aromatic rings. The highest BCUT2D eigenvalue weighted by Crippen LogP contribution is 2.28. The molecule has 0 heterocycles. The van der Waals surface area contributed by atoms with E-state index in [2.05, 4.69) is 11.4 Å². The van der Waals surface area contributed by atoms with Gasteiger partial charge in [-0.3, -0.25) is 4.79 Å². The highest BCUT2D eigenvalue weighted by Gasteiger charge is 2.35. The van der Waals surface area contributed by atoms with E-state index in [0.29, 0.717) is 12.8 Å². The fourth-order valence-electron chi connectivity index (χ4n) is 1.98. The standard InChI is InChI=1S/C15H20N2O/c1-5-15(6-2,10-16)14(18)17-13-8-7-11(3)9-12(13)4/h7-9H,5-6H2,1-4H3,(H,17,18). The molecular weight excluding hydrogens is 224 g/mol. The number of benzene rings is 1. The minimum Gasteiger partial charge on any atom is -0.324 e. The molecule has 0 saturated carbocycles. The van der Waals surface area contributed by atoms with Crippen LogP contribution in [-0.4, -0.2) is 5.91 Å². The summed E-state index contributed by atoms with van der Waals surface area (Å²) < 4.78 is 0. The Balaban J connectivity index is 2.97. The number of carbonyl (C=O) groups is 1. The van der Waals surface area contributed by atoms with E-state index in [1.54, 1.807) is 0 Å². The molecule has 0 atom stereocenters. The van der Waals surface area contributed by atoms with Gasteiger partial charge in [-0.2, -0.15) is 5.26 Å². The molecule has 1 N–H and O–H groups in total. The normalized spacial score (nSPS) is 10.8. The molecular formula is C15H20N2O. The maximum Gasteiger partial charge on any atom is 0.244 e. The predicted octanol–water partition coefficient (Wildman–Crippen LogP) is 3.57. The van der Waals surface area contributed by atoms with E-state index in [-0.39, 0.29) is 5.91 Å². The van der Waals surface area contributed by atoms with Crippen LogP contribution in [0, 0.1) is 30.6 Å². The summed E-state index contributed by atoms with van der Waals surface area (Å²) in [6.07, 6.45) is 1.05. The van der Waals surface area contributed by atoms with Crippen molar-refractivity contribution in [2.24, 2.45) is 5.41 Å². The lowest BCUT2D eigenvalue weighted by Crippen LogP contribution is -2.34. The lowest BCUT2D eigenvalue weighted by Gasteiger charge is -2.22.